The van der Waals surface area contributed by atoms with E-state index in [4.69, 9.17) is 4.99 Å². The Morgan fingerprint density at radius 3 is 3.00 bits per heavy atom. The van der Waals surface area contributed by atoms with Gasteiger partial charge in [-0.25, -0.2) is 0 Å². The lowest BCUT2D eigenvalue weighted by molar-refractivity contribution is 0.268. The van der Waals surface area contributed by atoms with Crippen molar-refractivity contribution in [3.63, 3.8) is 0 Å². The molecule has 2 aliphatic carbocycles. The average Bonchev–Trinajstić information content (AvgIpc) is 2.62. The molecule has 0 amide bonds. The van der Waals surface area contributed by atoms with Crippen LogP contribution in [0.3, 0.4) is 0 Å². The topological polar surface area (TPSA) is 24.4 Å². The zero-order chi connectivity index (χ0) is 10.3. The van der Waals surface area contributed by atoms with Gasteiger partial charge in [-0.2, -0.15) is 0 Å². The number of amidine groups is 1. The molecule has 1 aliphatic heterocycles. The molecule has 84 valence electrons. The van der Waals surface area contributed by atoms with Gasteiger partial charge >= 0.3 is 0 Å². The van der Waals surface area contributed by atoms with Gasteiger partial charge in [-0.05, 0) is 37.5 Å². The summed E-state index contributed by atoms with van der Waals surface area (Å²) in [6, 6.07) is 1.38. The molecule has 2 fully saturated rings. The van der Waals surface area contributed by atoms with Crippen LogP contribution in [-0.4, -0.2) is 23.0 Å². The van der Waals surface area contributed by atoms with Gasteiger partial charge in [0.25, 0.3) is 0 Å². The molecule has 2 saturated carbocycles. The van der Waals surface area contributed by atoms with E-state index < -0.39 is 0 Å². The standard InChI is InChI=1S/C12H20N2S/c1-8-5-10(6-8)13-12-14-11-4-2-3-9(11)7-15-12/h8-11H,2-7H2,1H3,(H,13,14). The molecule has 0 bridgehead atoms. The van der Waals surface area contributed by atoms with Crippen LogP contribution < -0.4 is 5.32 Å². The maximum absolute atomic E-state index is 4.86. The van der Waals surface area contributed by atoms with Crippen molar-refractivity contribution >= 4 is 16.9 Å². The zero-order valence-corrected chi connectivity index (χ0v) is 10.2. The van der Waals surface area contributed by atoms with Gasteiger partial charge in [0.1, 0.15) is 0 Å². The van der Waals surface area contributed by atoms with E-state index in [1.165, 1.54) is 43.0 Å². The first-order chi connectivity index (χ1) is 7.31. The molecule has 0 aromatic heterocycles. The number of thioether (sulfide) groups is 1. The summed E-state index contributed by atoms with van der Waals surface area (Å²) < 4.78 is 0. The molecule has 0 aromatic rings. The minimum Gasteiger partial charge on any atom is -0.362 e. The Balaban J connectivity index is 1.57. The maximum atomic E-state index is 4.86. The van der Waals surface area contributed by atoms with E-state index in [1.807, 2.05) is 11.8 Å². The summed E-state index contributed by atoms with van der Waals surface area (Å²) in [5.74, 6) is 3.12. The highest BCUT2D eigenvalue weighted by atomic mass is 32.2. The lowest BCUT2D eigenvalue weighted by Crippen LogP contribution is -2.44. The second-order valence-corrected chi connectivity index (χ2v) is 6.43. The molecule has 3 rings (SSSR count). The third-order valence-corrected chi connectivity index (χ3v) is 5.13. The first-order valence-electron chi connectivity index (χ1n) is 6.28. The monoisotopic (exact) mass is 224 g/mol. The van der Waals surface area contributed by atoms with Crippen LogP contribution in [0.4, 0.5) is 0 Å². The highest BCUT2D eigenvalue weighted by Gasteiger charge is 2.33. The minimum atomic E-state index is 0.659. The molecular weight excluding hydrogens is 204 g/mol. The van der Waals surface area contributed by atoms with Crippen molar-refractivity contribution in [3.05, 3.63) is 0 Å². The Labute approximate surface area is 96.3 Å². The van der Waals surface area contributed by atoms with Gasteiger partial charge in [-0.15, -0.1) is 0 Å². The summed E-state index contributed by atoms with van der Waals surface area (Å²) in [4.78, 5) is 4.86. The molecule has 3 heteroatoms. The molecule has 0 aromatic carbocycles. The minimum absolute atomic E-state index is 0.659. The number of nitrogens with one attached hydrogen (secondary N) is 1. The molecule has 2 nitrogen and oxygen atoms in total. The van der Waals surface area contributed by atoms with Gasteiger partial charge in [-0.3, -0.25) is 4.99 Å². The lowest BCUT2D eigenvalue weighted by atomic mass is 9.82. The van der Waals surface area contributed by atoms with Crippen LogP contribution in [0, 0.1) is 11.8 Å². The largest absolute Gasteiger partial charge is 0.362 e. The van der Waals surface area contributed by atoms with Gasteiger partial charge in [-0.1, -0.05) is 25.1 Å². The van der Waals surface area contributed by atoms with Gasteiger partial charge in [0.05, 0.1) is 6.04 Å². The fourth-order valence-electron chi connectivity index (χ4n) is 3.03. The number of hydrogen-bond donors (Lipinski definition) is 1. The van der Waals surface area contributed by atoms with Crippen molar-refractivity contribution in [1.82, 2.24) is 5.32 Å². The van der Waals surface area contributed by atoms with E-state index in [9.17, 15) is 0 Å². The predicted octanol–water partition coefficient (Wildman–Crippen LogP) is 2.65. The van der Waals surface area contributed by atoms with Crippen LogP contribution >= 0.6 is 11.8 Å². The second kappa shape index (κ2) is 4.00. The predicted molar refractivity (Wildman–Crippen MR) is 66.3 cm³/mol. The van der Waals surface area contributed by atoms with Crippen LogP contribution in [0.1, 0.15) is 39.0 Å². The number of hydrogen-bond acceptors (Lipinski definition) is 3. The van der Waals surface area contributed by atoms with Gasteiger partial charge < -0.3 is 5.32 Å². The highest BCUT2D eigenvalue weighted by molar-refractivity contribution is 8.13. The first kappa shape index (κ1) is 10.0. The van der Waals surface area contributed by atoms with Crippen LogP contribution in [0.25, 0.3) is 0 Å². The van der Waals surface area contributed by atoms with Gasteiger partial charge in [0.2, 0.25) is 0 Å². The normalized spacial score (nSPS) is 44.2. The summed E-state index contributed by atoms with van der Waals surface area (Å²) >= 11 is 1.96. The number of rotatable bonds is 1. The Morgan fingerprint density at radius 2 is 2.20 bits per heavy atom. The first-order valence-corrected chi connectivity index (χ1v) is 7.27. The van der Waals surface area contributed by atoms with E-state index in [2.05, 4.69) is 12.2 Å². The Bertz CT molecular complexity index is 271. The van der Waals surface area contributed by atoms with E-state index in [-0.39, 0.29) is 0 Å². The van der Waals surface area contributed by atoms with Crippen molar-refractivity contribution in [1.29, 1.82) is 0 Å². The molecule has 1 heterocycles. The van der Waals surface area contributed by atoms with Crippen LogP contribution in [0.2, 0.25) is 0 Å². The van der Waals surface area contributed by atoms with E-state index in [0.29, 0.717) is 6.04 Å². The fourth-order valence-corrected chi connectivity index (χ4v) is 4.25. The molecule has 0 radical (unpaired) electrons. The number of nitrogens with zero attached hydrogens (tertiary/aromatic N) is 1. The molecule has 0 spiro atoms. The van der Waals surface area contributed by atoms with Crippen molar-refractivity contribution in [2.75, 3.05) is 5.75 Å². The van der Waals surface area contributed by atoms with E-state index in [0.717, 1.165) is 17.9 Å². The van der Waals surface area contributed by atoms with Crippen molar-refractivity contribution in [3.8, 4) is 0 Å². The number of fused-ring (bicyclic) bond motifs is 1. The number of aliphatic imine (C=N–C) groups is 1. The van der Waals surface area contributed by atoms with Gasteiger partial charge in [0.15, 0.2) is 5.17 Å². The molecule has 0 saturated heterocycles. The molecule has 3 aliphatic rings. The van der Waals surface area contributed by atoms with Crippen LogP contribution in [0.15, 0.2) is 4.99 Å². The summed E-state index contributed by atoms with van der Waals surface area (Å²) in [6.07, 6.45) is 6.82. The lowest BCUT2D eigenvalue weighted by Gasteiger charge is -2.35. The molecule has 2 atom stereocenters. The summed E-state index contributed by atoms with van der Waals surface area (Å²) in [7, 11) is 0. The van der Waals surface area contributed by atoms with Crippen LogP contribution in [0.5, 0.6) is 0 Å². The third-order valence-electron chi connectivity index (χ3n) is 4.04. The van der Waals surface area contributed by atoms with Gasteiger partial charge in [0, 0.05) is 11.8 Å². The smallest absolute Gasteiger partial charge is 0.157 e. The Morgan fingerprint density at radius 1 is 1.33 bits per heavy atom. The van der Waals surface area contributed by atoms with E-state index >= 15 is 0 Å². The van der Waals surface area contributed by atoms with E-state index in [1.54, 1.807) is 0 Å². The maximum Gasteiger partial charge on any atom is 0.157 e. The van der Waals surface area contributed by atoms with Crippen molar-refractivity contribution < 1.29 is 0 Å². The summed E-state index contributed by atoms with van der Waals surface area (Å²) in [5, 5.41) is 4.86. The highest BCUT2D eigenvalue weighted by Crippen LogP contribution is 2.36. The quantitative estimate of drug-likeness (QED) is 0.740. The third kappa shape index (κ3) is 2.03. The van der Waals surface area contributed by atoms with Crippen molar-refractivity contribution in [2.45, 2.75) is 51.1 Å². The van der Waals surface area contributed by atoms with Crippen LogP contribution in [-0.2, 0) is 0 Å². The average molecular weight is 224 g/mol. The Hall–Kier alpha value is -0.180. The SMILES string of the molecule is CC1CC(NC2=NC3CCCC3CS2)C1. The Kier molecular flexibility index (Phi) is 2.67. The fraction of sp³-hybridized carbons (Fsp3) is 0.917. The second-order valence-electron chi connectivity index (χ2n) is 5.42. The van der Waals surface area contributed by atoms with Crippen molar-refractivity contribution in [2.24, 2.45) is 16.8 Å². The summed E-state index contributed by atoms with van der Waals surface area (Å²) in [5.41, 5.74) is 0. The zero-order valence-electron chi connectivity index (χ0n) is 9.41. The molecule has 1 N–H and O–H groups in total. The summed E-state index contributed by atoms with van der Waals surface area (Å²) in [6.45, 7) is 2.33. The molecular formula is C12H20N2S. The molecule has 15 heavy (non-hydrogen) atoms. The molecule has 2 unspecified atom stereocenters.